The molecule has 0 radical (unpaired) electrons. The van der Waals surface area contributed by atoms with E-state index >= 15 is 0 Å². The molecule has 2 N–H and O–H groups in total. The molecule has 1 unspecified atom stereocenters. The first-order chi connectivity index (χ1) is 4.70. The van der Waals surface area contributed by atoms with Gasteiger partial charge in [0.15, 0.2) is 0 Å². The van der Waals surface area contributed by atoms with E-state index in [0.717, 1.165) is 6.54 Å². The summed E-state index contributed by atoms with van der Waals surface area (Å²) < 4.78 is 0. The summed E-state index contributed by atoms with van der Waals surface area (Å²) >= 11 is 0. The molecule has 1 amide bonds. The highest BCUT2D eigenvalue weighted by molar-refractivity contribution is 6.11. The summed E-state index contributed by atoms with van der Waals surface area (Å²) in [5, 5.41) is 0. The molecule has 1 atom stereocenters. The summed E-state index contributed by atoms with van der Waals surface area (Å²) in [6.45, 7) is 2.76. The van der Waals surface area contributed by atoms with Crippen LogP contribution in [0.3, 0.4) is 0 Å². The van der Waals surface area contributed by atoms with E-state index in [2.05, 4.69) is 4.99 Å². The Kier molecular flexibility index (Phi) is 1.85. The summed E-state index contributed by atoms with van der Waals surface area (Å²) in [5.74, 6) is -0.0530. The van der Waals surface area contributed by atoms with Crippen molar-refractivity contribution in [3.05, 3.63) is 11.6 Å². The van der Waals surface area contributed by atoms with E-state index in [1.807, 2.05) is 13.0 Å². The number of hydrogen-bond donors (Lipinski definition) is 1. The lowest BCUT2D eigenvalue weighted by Gasteiger charge is -2.08. The number of primary amides is 1. The van der Waals surface area contributed by atoms with Crippen LogP contribution in [0.5, 0.6) is 0 Å². The molecule has 10 heavy (non-hydrogen) atoms. The Bertz CT molecular complexity index is 206. The number of aliphatic imine (C=N–C) groups is 1. The lowest BCUT2D eigenvalue weighted by molar-refractivity contribution is -0.114. The number of dihydropyridines is 1. The third-order valence-corrected chi connectivity index (χ3v) is 1.37. The zero-order valence-electron chi connectivity index (χ0n) is 5.87. The van der Waals surface area contributed by atoms with Crippen molar-refractivity contribution < 1.29 is 4.79 Å². The second kappa shape index (κ2) is 2.64. The zero-order chi connectivity index (χ0) is 7.56. The quantitative estimate of drug-likeness (QED) is 0.549. The molecule has 0 bridgehead atoms. The Balaban J connectivity index is 2.76. The Hall–Kier alpha value is -1.12. The SMILES string of the molecule is CC1C=C(C(N)=O)C=NC1. The van der Waals surface area contributed by atoms with Crippen molar-refractivity contribution in [3.63, 3.8) is 0 Å². The maximum absolute atomic E-state index is 10.6. The number of carbonyl (C=O) groups is 1. The molecule has 0 spiro atoms. The van der Waals surface area contributed by atoms with Crippen LogP contribution >= 0.6 is 0 Å². The number of carbonyl (C=O) groups excluding carboxylic acids is 1. The molecule has 1 heterocycles. The molecule has 0 saturated carbocycles. The normalized spacial score (nSPS) is 24.1. The molecule has 0 aliphatic carbocycles. The van der Waals surface area contributed by atoms with Crippen LogP contribution in [0.25, 0.3) is 0 Å². The van der Waals surface area contributed by atoms with Crippen molar-refractivity contribution >= 4 is 12.1 Å². The van der Waals surface area contributed by atoms with Crippen molar-refractivity contribution in [2.24, 2.45) is 16.6 Å². The maximum Gasteiger partial charge on any atom is 0.249 e. The van der Waals surface area contributed by atoms with E-state index < -0.39 is 5.91 Å². The summed E-state index contributed by atoms with van der Waals surface area (Å²) in [6, 6.07) is 0. The minimum atomic E-state index is -0.393. The van der Waals surface area contributed by atoms with E-state index in [4.69, 9.17) is 5.73 Å². The zero-order valence-corrected chi connectivity index (χ0v) is 5.87. The van der Waals surface area contributed by atoms with Gasteiger partial charge in [0.1, 0.15) is 0 Å². The largest absolute Gasteiger partial charge is 0.366 e. The molecule has 54 valence electrons. The maximum atomic E-state index is 10.6. The van der Waals surface area contributed by atoms with E-state index in [-0.39, 0.29) is 0 Å². The van der Waals surface area contributed by atoms with E-state index in [1.54, 1.807) is 0 Å². The standard InChI is InChI=1S/C7H10N2O/c1-5-2-6(7(8)10)4-9-3-5/h2,4-5H,3H2,1H3,(H2,8,10). The number of rotatable bonds is 1. The highest BCUT2D eigenvalue weighted by Gasteiger charge is 2.08. The number of amides is 1. The van der Waals surface area contributed by atoms with Gasteiger partial charge >= 0.3 is 0 Å². The highest BCUT2D eigenvalue weighted by atomic mass is 16.1. The van der Waals surface area contributed by atoms with Gasteiger partial charge in [0, 0.05) is 12.8 Å². The van der Waals surface area contributed by atoms with E-state index in [0.29, 0.717) is 11.5 Å². The fraction of sp³-hybridized carbons (Fsp3) is 0.429. The second-order valence-corrected chi connectivity index (χ2v) is 2.46. The molecule has 3 heteroatoms. The molecular weight excluding hydrogens is 128 g/mol. The molecule has 0 aromatic heterocycles. The van der Waals surface area contributed by atoms with Gasteiger partial charge in [-0.2, -0.15) is 0 Å². The lowest BCUT2D eigenvalue weighted by atomic mass is 10.1. The minimum Gasteiger partial charge on any atom is -0.366 e. The van der Waals surface area contributed by atoms with Crippen LogP contribution < -0.4 is 5.73 Å². The minimum absolute atomic E-state index is 0.340. The van der Waals surface area contributed by atoms with Gasteiger partial charge in [-0.05, 0) is 5.92 Å². The number of nitrogens with two attached hydrogens (primary N) is 1. The third kappa shape index (κ3) is 1.43. The molecule has 3 nitrogen and oxygen atoms in total. The first-order valence-corrected chi connectivity index (χ1v) is 3.21. The summed E-state index contributed by atoms with van der Waals surface area (Å²) in [5.41, 5.74) is 5.56. The predicted molar refractivity (Wildman–Crippen MR) is 39.8 cm³/mol. The first-order valence-electron chi connectivity index (χ1n) is 3.21. The number of nitrogens with zero attached hydrogens (tertiary/aromatic N) is 1. The third-order valence-electron chi connectivity index (χ3n) is 1.37. The van der Waals surface area contributed by atoms with Crippen molar-refractivity contribution in [1.82, 2.24) is 0 Å². The molecule has 0 saturated heterocycles. The fourth-order valence-corrected chi connectivity index (χ4v) is 0.865. The molecular formula is C7H10N2O. The van der Waals surface area contributed by atoms with Crippen LogP contribution in [0, 0.1) is 5.92 Å². The van der Waals surface area contributed by atoms with Gasteiger partial charge in [-0.1, -0.05) is 13.0 Å². The average Bonchev–Trinajstić information content (AvgIpc) is 1.88. The van der Waals surface area contributed by atoms with Gasteiger partial charge in [-0.3, -0.25) is 9.79 Å². The highest BCUT2D eigenvalue weighted by Crippen LogP contribution is 2.06. The van der Waals surface area contributed by atoms with Crippen molar-refractivity contribution in [2.45, 2.75) is 6.92 Å². The lowest BCUT2D eigenvalue weighted by Crippen LogP contribution is -2.18. The Labute approximate surface area is 59.6 Å². The van der Waals surface area contributed by atoms with E-state index in [1.165, 1.54) is 6.21 Å². The monoisotopic (exact) mass is 138 g/mol. The topological polar surface area (TPSA) is 55.5 Å². The van der Waals surface area contributed by atoms with Crippen LogP contribution in [-0.2, 0) is 4.79 Å². The molecule has 0 aromatic rings. The first kappa shape index (κ1) is 6.99. The van der Waals surface area contributed by atoms with Crippen LogP contribution in [0.2, 0.25) is 0 Å². The van der Waals surface area contributed by atoms with Crippen molar-refractivity contribution in [1.29, 1.82) is 0 Å². The molecule has 1 rings (SSSR count). The van der Waals surface area contributed by atoms with Gasteiger partial charge < -0.3 is 5.73 Å². The average molecular weight is 138 g/mol. The summed E-state index contributed by atoms with van der Waals surface area (Å²) in [7, 11) is 0. The smallest absolute Gasteiger partial charge is 0.249 e. The van der Waals surface area contributed by atoms with Crippen LogP contribution in [0.1, 0.15) is 6.92 Å². The van der Waals surface area contributed by atoms with Gasteiger partial charge in [0.05, 0.1) is 5.57 Å². The Morgan fingerprint density at radius 1 is 1.90 bits per heavy atom. The second-order valence-electron chi connectivity index (χ2n) is 2.46. The molecule has 1 aliphatic rings. The van der Waals surface area contributed by atoms with E-state index in [9.17, 15) is 4.79 Å². The fourth-order valence-electron chi connectivity index (χ4n) is 0.865. The Morgan fingerprint density at radius 3 is 3.00 bits per heavy atom. The molecule has 0 aromatic carbocycles. The van der Waals surface area contributed by atoms with Crippen LogP contribution in [0.15, 0.2) is 16.6 Å². The van der Waals surface area contributed by atoms with Crippen LogP contribution in [-0.4, -0.2) is 18.7 Å². The summed E-state index contributed by atoms with van der Waals surface area (Å²) in [6.07, 6.45) is 3.37. The molecule has 0 fully saturated rings. The van der Waals surface area contributed by atoms with Gasteiger partial charge in [-0.15, -0.1) is 0 Å². The predicted octanol–water partition coefficient (Wildman–Crippen LogP) is 0.119. The van der Waals surface area contributed by atoms with Gasteiger partial charge in [-0.25, -0.2) is 0 Å². The van der Waals surface area contributed by atoms with Gasteiger partial charge in [0.25, 0.3) is 0 Å². The Morgan fingerprint density at radius 2 is 2.60 bits per heavy atom. The van der Waals surface area contributed by atoms with Crippen LogP contribution in [0.4, 0.5) is 0 Å². The molecule has 1 aliphatic heterocycles. The number of hydrogen-bond acceptors (Lipinski definition) is 2. The van der Waals surface area contributed by atoms with Crippen molar-refractivity contribution in [2.75, 3.05) is 6.54 Å². The van der Waals surface area contributed by atoms with Gasteiger partial charge in [0.2, 0.25) is 5.91 Å². The van der Waals surface area contributed by atoms with Crippen molar-refractivity contribution in [3.8, 4) is 0 Å². The summed E-state index contributed by atoms with van der Waals surface area (Å²) in [4.78, 5) is 14.5.